The van der Waals surface area contributed by atoms with Crippen molar-refractivity contribution in [1.82, 2.24) is 0 Å². The Labute approximate surface area is 86.4 Å². The Kier molecular flexibility index (Phi) is 3.54. The van der Waals surface area contributed by atoms with Crippen LogP contribution in [0.4, 0.5) is 4.39 Å². The van der Waals surface area contributed by atoms with Gasteiger partial charge in [-0.1, -0.05) is 23.2 Å². The summed E-state index contributed by atoms with van der Waals surface area (Å²) in [6.07, 6.45) is -0.310. The zero-order chi connectivity index (χ0) is 10.0. The van der Waals surface area contributed by atoms with Crippen molar-refractivity contribution in [3.8, 4) is 0 Å². The molecule has 0 N–H and O–H groups in total. The minimum atomic E-state index is -0.482. The first-order valence-corrected chi connectivity index (χ1v) is 4.49. The van der Waals surface area contributed by atoms with Crippen molar-refractivity contribution in [1.29, 1.82) is 0 Å². The summed E-state index contributed by atoms with van der Waals surface area (Å²) in [5.74, 6) is -0.482. The number of rotatable bonds is 2. The van der Waals surface area contributed by atoms with Crippen molar-refractivity contribution < 1.29 is 9.13 Å². The highest BCUT2D eigenvalue weighted by molar-refractivity contribution is 6.36. The van der Waals surface area contributed by atoms with Crippen molar-refractivity contribution in [3.63, 3.8) is 0 Å². The third-order valence-electron chi connectivity index (χ3n) is 1.84. The first-order valence-electron chi connectivity index (χ1n) is 3.74. The Morgan fingerprint density at radius 2 is 2.00 bits per heavy atom. The van der Waals surface area contributed by atoms with Crippen LogP contribution in [0.3, 0.4) is 0 Å². The molecule has 0 aliphatic heterocycles. The molecular formula is C9H9Cl2FO. The van der Waals surface area contributed by atoms with E-state index >= 15 is 0 Å². The Hall–Kier alpha value is -0.310. The van der Waals surface area contributed by atoms with E-state index < -0.39 is 5.82 Å². The molecule has 0 fully saturated rings. The van der Waals surface area contributed by atoms with Crippen LogP contribution in [0, 0.1) is 5.82 Å². The zero-order valence-electron chi connectivity index (χ0n) is 7.27. The Bertz CT molecular complexity index is 315. The van der Waals surface area contributed by atoms with Crippen LogP contribution in [0.15, 0.2) is 12.1 Å². The van der Waals surface area contributed by atoms with Gasteiger partial charge in [-0.3, -0.25) is 0 Å². The van der Waals surface area contributed by atoms with E-state index in [0.717, 1.165) is 0 Å². The summed E-state index contributed by atoms with van der Waals surface area (Å²) in [4.78, 5) is 0. The molecule has 0 aromatic heterocycles. The molecule has 72 valence electrons. The van der Waals surface area contributed by atoms with Crippen LogP contribution < -0.4 is 0 Å². The predicted octanol–water partition coefficient (Wildman–Crippen LogP) is 3.84. The average molecular weight is 223 g/mol. The molecule has 1 rings (SSSR count). The molecule has 1 nitrogen and oxygen atoms in total. The van der Waals surface area contributed by atoms with E-state index in [-0.39, 0.29) is 11.1 Å². The maximum atomic E-state index is 13.0. The van der Waals surface area contributed by atoms with Crippen LogP contribution in [0.25, 0.3) is 0 Å². The lowest BCUT2D eigenvalue weighted by molar-refractivity contribution is 0.119. The summed E-state index contributed by atoms with van der Waals surface area (Å²) in [5.41, 5.74) is 0.492. The van der Waals surface area contributed by atoms with E-state index in [1.54, 1.807) is 6.92 Å². The van der Waals surface area contributed by atoms with Crippen LogP contribution >= 0.6 is 23.2 Å². The minimum Gasteiger partial charge on any atom is -0.377 e. The summed E-state index contributed by atoms with van der Waals surface area (Å²) in [6.45, 7) is 1.76. The van der Waals surface area contributed by atoms with Crippen molar-refractivity contribution in [2.45, 2.75) is 13.0 Å². The summed E-state index contributed by atoms with van der Waals surface area (Å²) in [5, 5.41) is 0.447. The summed E-state index contributed by atoms with van der Waals surface area (Å²) in [7, 11) is 1.52. The summed E-state index contributed by atoms with van der Waals surface area (Å²) < 4.78 is 18.0. The van der Waals surface area contributed by atoms with Crippen LogP contribution in [0.2, 0.25) is 10.0 Å². The molecule has 0 saturated heterocycles. The number of halogens is 3. The largest absolute Gasteiger partial charge is 0.377 e. The van der Waals surface area contributed by atoms with Crippen LogP contribution in [0.1, 0.15) is 18.6 Å². The normalized spacial score (nSPS) is 13.0. The van der Waals surface area contributed by atoms with E-state index in [0.29, 0.717) is 10.6 Å². The standard InChI is InChI=1S/C9H9Cl2FO/c1-5(13-2)8-6(10)3-4-7(12)9(8)11/h3-5H,1-2H3. The highest BCUT2D eigenvalue weighted by Crippen LogP contribution is 2.33. The van der Waals surface area contributed by atoms with Crippen molar-refractivity contribution in [3.05, 3.63) is 33.6 Å². The number of ether oxygens (including phenoxy) is 1. The van der Waals surface area contributed by atoms with E-state index in [1.807, 2.05) is 0 Å². The van der Waals surface area contributed by atoms with Crippen LogP contribution in [-0.4, -0.2) is 7.11 Å². The summed E-state index contributed by atoms with van der Waals surface area (Å²) >= 11 is 11.6. The first kappa shape index (κ1) is 10.8. The maximum Gasteiger partial charge on any atom is 0.142 e. The van der Waals surface area contributed by atoms with Gasteiger partial charge >= 0.3 is 0 Å². The molecule has 1 aromatic carbocycles. The number of benzene rings is 1. The molecule has 1 aromatic rings. The second kappa shape index (κ2) is 4.27. The Morgan fingerprint density at radius 1 is 1.38 bits per heavy atom. The molecule has 0 bridgehead atoms. The van der Waals surface area contributed by atoms with Gasteiger partial charge in [0.05, 0.1) is 11.1 Å². The third kappa shape index (κ3) is 2.13. The van der Waals surface area contributed by atoms with Gasteiger partial charge in [-0.2, -0.15) is 0 Å². The molecule has 1 unspecified atom stereocenters. The Balaban J connectivity index is 3.25. The predicted molar refractivity (Wildman–Crippen MR) is 51.8 cm³/mol. The van der Waals surface area contributed by atoms with Crippen LogP contribution in [0.5, 0.6) is 0 Å². The average Bonchev–Trinajstić information content (AvgIpc) is 2.12. The van der Waals surface area contributed by atoms with E-state index in [9.17, 15) is 4.39 Å². The van der Waals surface area contributed by atoms with E-state index in [4.69, 9.17) is 27.9 Å². The van der Waals surface area contributed by atoms with Gasteiger partial charge in [0.15, 0.2) is 0 Å². The monoisotopic (exact) mass is 222 g/mol. The highest BCUT2D eigenvalue weighted by atomic mass is 35.5. The van der Waals surface area contributed by atoms with Gasteiger partial charge in [0, 0.05) is 17.7 Å². The smallest absolute Gasteiger partial charge is 0.142 e. The number of hydrogen-bond acceptors (Lipinski definition) is 1. The molecular weight excluding hydrogens is 214 g/mol. The maximum absolute atomic E-state index is 13.0. The molecule has 0 amide bonds. The lowest BCUT2D eigenvalue weighted by Gasteiger charge is -2.13. The van der Waals surface area contributed by atoms with Crippen LogP contribution in [-0.2, 0) is 4.74 Å². The fraction of sp³-hybridized carbons (Fsp3) is 0.333. The van der Waals surface area contributed by atoms with Crippen molar-refractivity contribution in [2.75, 3.05) is 7.11 Å². The van der Waals surface area contributed by atoms with Gasteiger partial charge < -0.3 is 4.74 Å². The topological polar surface area (TPSA) is 9.23 Å². The molecule has 1 atom stereocenters. The van der Waals surface area contributed by atoms with Gasteiger partial charge in [0.1, 0.15) is 5.82 Å². The molecule has 0 aliphatic carbocycles. The van der Waals surface area contributed by atoms with Gasteiger partial charge in [-0.25, -0.2) is 4.39 Å². The van der Waals surface area contributed by atoms with E-state index in [2.05, 4.69) is 0 Å². The molecule has 0 saturated carbocycles. The molecule has 0 aliphatic rings. The number of hydrogen-bond donors (Lipinski definition) is 0. The molecule has 0 heterocycles. The molecule has 0 spiro atoms. The Morgan fingerprint density at radius 3 is 2.54 bits per heavy atom. The lowest BCUT2D eigenvalue weighted by Crippen LogP contribution is -1.99. The van der Waals surface area contributed by atoms with Crippen molar-refractivity contribution in [2.24, 2.45) is 0 Å². The van der Waals surface area contributed by atoms with Gasteiger partial charge in [0.25, 0.3) is 0 Å². The van der Waals surface area contributed by atoms with Gasteiger partial charge in [-0.05, 0) is 19.1 Å². The third-order valence-corrected chi connectivity index (χ3v) is 2.55. The minimum absolute atomic E-state index is 0.0295. The van der Waals surface area contributed by atoms with Gasteiger partial charge in [0.2, 0.25) is 0 Å². The molecule has 4 heteroatoms. The fourth-order valence-electron chi connectivity index (χ4n) is 1.03. The second-order valence-electron chi connectivity index (χ2n) is 2.63. The fourth-order valence-corrected chi connectivity index (χ4v) is 1.71. The summed E-state index contributed by atoms with van der Waals surface area (Å²) in [6, 6.07) is 2.70. The highest BCUT2D eigenvalue weighted by Gasteiger charge is 2.16. The van der Waals surface area contributed by atoms with Crippen molar-refractivity contribution >= 4 is 23.2 Å². The quantitative estimate of drug-likeness (QED) is 0.692. The first-order chi connectivity index (χ1) is 6.07. The van der Waals surface area contributed by atoms with E-state index in [1.165, 1.54) is 19.2 Å². The zero-order valence-corrected chi connectivity index (χ0v) is 8.79. The SMILES string of the molecule is COC(C)c1c(Cl)ccc(F)c1Cl. The number of methoxy groups -OCH3 is 1. The second-order valence-corrected chi connectivity index (χ2v) is 3.42. The molecule has 13 heavy (non-hydrogen) atoms. The lowest BCUT2D eigenvalue weighted by atomic mass is 10.1. The molecule has 0 radical (unpaired) electrons. The van der Waals surface area contributed by atoms with Gasteiger partial charge in [-0.15, -0.1) is 0 Å².